The number of ether oxygens (including phenoxy) is 4. The van der Waals surface area contributed by atoms with Gasteiger partial charge in [-0.15, -0.1) is 0 Å². The van der Waals surface area contributed by atoms with Gasteiger partial charge < -0.3 is 45.1 Å². The predicted octanol–water partition coefficient (Wildman–Crippen LogP) is 3.57. The molecule has 0 radical (unpaired) electrons. The largest absolute Gasteiger partial charge is 0.474 e. The monoisotopic (exact) mass is 840 g/mol. The van der Waals surface area contributed by atoms with Gasteiger partial charge >= 0.3 is 6.03 Å². The number of benzene rings is 1. The lowest BCUT2D eigenvalue weighted by molar-refractivity contribution is -0.137. The molecule has 4 aromatic rings. The summed E-state index contributed by atoms with van der Waals surface area (Å²) >= 11 is 12.2. The Morgan fingerprint density at radius 3 is 2.55 bits per heavy atom. The minimum absolute atomic E-state index is 0.0513. The summed E-state index contributed by atoms with van der Waals surface area (Å²) in [6.07, 6.45) is 2.98. The second kappa shape index (κ2) is 19.7. The van der Waals surface area contributed by atoms with Crippen molar-refractivity contribution in [1.82, 2.24) is 35.1 Å². The fraction of sp³-hybridized carbons (Fsp3) is 0.405. The zero-order valence-electron chi connectivity index (χ0n) is 31.6. The van der Waals surface area contributed by atoms with Crippen molar-refractivity contribution in [3.63, 3.8) is 0 Å². The van der Waals surface area contributed by atoms with Crippen molar-refractivity contribution in [3.8, 4) is 5.88 Å². The highest BCUT2D eigenvalue weighted by Gasteiger charge is 2.39. The first kappa shape index (κ1) is 42.0. The molecule has 6 rings (SSSR count). The number of halogens is 2. The number of hydrogen-bond acceptors (Lipinski definition) is 13. The number of imide groups is 1. The fourth-order valence-electron chi connectivity index (χ4n) is 6.35. The van der Waals surface area contributed by atoms with Crippen LogP contribution in [-0.4, -0.2) is 113 Å². The van der Waals surface area contributed by atoms with Crippen LogP contribution in [0.15, 0.2) is 42.7 Å². The van der Waals surface area contributed by atoms with Gasteiger partial charge in [-0.3, -0.25) is 24.5 Å². The molecule has 5 N–H and O–H groups in total. The number of methoxy groups -OCH3 is 1. The molecular formula is C37H42Cl2N10O9. The molecule has 0 saturated carbocycles. The van der Waals surface area contributed by atoms with E-state index in [2.05, 4.69) is 41.7 Å². The maximum atomic E-state index is 13.1. The van der Waals surface area contributed by atoms with E-state index in [1.165, 1.54) is 35.0 Å². The maximum Gasteiger partial charge on any atom is 0.323 e. The molecule has 5 heterocycles. The van der Waals surface area contributed by atoms with E-state index in [1.54, 1.807) is 25.1 Å². The number of hydrogen-bond donors (Lipinski definition) is 5. The van der Waals surface area contributed by atoms with E-state index in [1.807, 2.05) is 6.07 Å². The van der Waals surface area contributed by atoms with Gasteiger partial charge in [0, 0.05) is 62.1 Å². The summed E-state index contributed by atoms with van der Waals surface area (Å²) in [6.45, 7) is 3.89. The zero-order valence-corrected chi connectivity index (χ0v) is 33.2. The fourth-order valence-corrected chi connectivity index (χ4v) is 6.68. The number of pyridine rings is 1. The molecule has 2 aliphatic rings. The lowest BCUT2D eigenvalue weighted by Gasteiger charge is -2.29. The Kier molecular flexibility index (Phi) is 14.3. The van der Waals surface area contributed by atoms with Gasteiger partial charge in [-0.1, -0.05) is 29.3 Å². The standard InChI is InChI=1S/C37H42Cl2N10O9/c1-21(55-2)33-27(19-42-30-17-29(39)47-49(30)33)45-37(54)44-26-16-22(38)18-43-35(26)58-13-10-41-31(50)8-11-56-14-15-57-12-9-40-25-5-3-4-23-24(25)20-48(36(23)53)28-6-7-32(51)46-34(28)52/h3-5,16-19,21,28,40H,6-15,20H2,1-2H3,(H,41,50)(H2,44,45,54)(H,46,51,52)/t21-,28?/m0/s1. The number of aromatic nitrogens is 4. The topological polar surface area (TPSA) is 229 Å². The molecule has 308 valence electrons. The number of urea groups is 1. The van der Waals surface area contributed by atoms with Crippen molar-refractivity contribution in [1.29, 1.82) is 0 Å². The third kappa shape index (κ3) is 10.5. The zero-order chi connectivity index (χ0) is 41.2. The van der Waals surface area contributed by atoms with E-state index in [0.29, 0.717) is 48.8 Å². The Bertz CT molecular complexity index is 2170. The first-order valence-electron chi connectivity index (χ1n) is 18.4. The van der Waals surface area contributed by atoms with E-state index in [9.17, 15) is 24.0 Å². The van der Waals surface area contributed by atoms with Gasteiger partial charge in [0.1, 0.15) is 18.3 Å². The summed E-state index contributed by atoms with van der Waals surface area (Å²) < 4.78 is 23.9. The van der Waals surface area contributed by atoms with E-state index < -0.39 is 24.1 Å². The first-order chi connectivity index (χ1) is 28.0. The second-order valence-corrected chi connectivity index (χ2v) is 13.9. The molecule has 0 spiro atoms. The minimum atomic E-state index is -0.677. The Balaban J connectivity index is 0.849. The number of amides is 6. The third-order valence-electron chi connectivity index (χ3n) is 9.20. The Hall–Kier alpha value is -5.60. The summed E-state index contributed by atoms with van der Waals surface area (Å²) in [6, 6.07) is 7.12. The number of nitrogens with zero attached hydrogens (tertiary/aromatic N) is 5. The van der Waals surface area contributed by atoms with Crippen molar-refractivity contribution < 1.29 is 42.9 Å². The number of carbonyl (C=O) groups excluding carboxylic acids is 5. The Morgan fingerprint density at radius 2 is 1.76 bits per heavy atom. The molecule has 2 aliphatic heterocycles. The average molecular weight is 842 g/mol. The molecule has 6 amide bonds. The molecule has 58 heavy (non-hydrogen) atoms. The van der Waals surface area contributed by atoms with Crippen LogP contribution in [0.1, 0.15) is 53.9 Å². The summed E-state index contributed by atoms with van der Waals surface area (Å²) in [5, 5.41) is 18.5. The van der Waals surface area contributed by atoms with Crippen molar-refractivity contribution in [2.24, 2.45) is 0 Å². The van der Waals surface area contributed by atoms with Crippen LogP contribution in [0.5, 0.6) is 5.88 Å². The average Bonchev–Trinajstić information content (AvgIpc) is 3.74. The molecule has 1 aromatic carbocycles. The van der Waals surface area contributed by atoms with E-state index in [-0.39, 0.29) is 85.2 Å². The summed E-state index contributed by atoms with van der Waals surface area (Å²) in [7, 11) is 1.52. The van der Waals surface area contributed by atoms with Gasteiger partial charge in [0.25, 0.3) is 5.91 Å². The first-order valence-corrected chi connectivity index (χ1v) is 19.1. The number of fused-ring (bicyclic) bond motifs is 2. The number of rotatable bonds is 19. The highest BCUT2D eigenvalue weighted by atomic mass is 35.5. The Labute approximate surface area is 342 Å². The molecule has 0 bridgehead atoms. The molecule has 0 aliphatic carbocycles. The van der Waals surface area contributed by atoms with Crippen LogP contribution >= 0.6 is 23.2 Å². The molecular weight excluding hydrogens is 799 g/mol. The minimum Gasteiger partial charge on any atom is -0.474 e. The number of piperidine rings is 1. The van der Waals surface area contributed by atoms with E-state index in [4.69, 9.17) is 42.1 Å². The van der Waals surface area contributed by atoms with Gasteiger partial charge in [0.2, 0.25) is 23.6 Å². The SMILES string of the molecule is CO[C@@H](C)c1c(NC(=O)Nc2cc(Cl)cnc2OCCNC(=O)CCOCCOCCNc2cccc3c2CN(C2CCC(=O)NC2=O)C3=O)cnc2cc(Cl)nn12. The molecule has 1 saturated heterocycles. The smallest absolute Gasteiger partial charge is 0.323 e. The van der Waals surface area contributed by atoms with Crippen molar-refractivity contribution in [2.45, 2.75) is 44.9 Å². The highest BCUT2D eigenvalue weighted by molar-refractivity contribution is 6.31. The van der Waals surface area contributed by atoms with Crippen LogP contribution < -0.4 is 31.3 Å². The van der Waals surface area contributed by atoms with Gasteiger partial charge in [-0.2, -0.15) is 5.10 Å². The van der Waals surface area contributed by atoms with Gasteiger partial charge in [-0.05, 0) is 31.5 Å². The molecule has 19 nitrogen and oxygen atoms in total. The molecule has 1 fully saturated rings. The summed E-state index contributed by atoms with van der Waals surface area (Å²) in [5.41, 5.74) is 3.63. The number of nitrogens with one attached hydrogen (secondary N) is 5. The quantitative estimate of drug-likeness (QED) is 0.0673. The Morgan fingerprint density at radius 1 is 0.966 bits per heavy atom. The van der Waals surface area contributed by atoms with Crippen LogP contribution in [0, 0.1) is 0 Å². The van der Waals surface area contributed by atoms with Crippen LogP contribution in [0.25, 0.3) is 5.65 Å². The van der Waals surface area contributed by atoms with Crippen LogP contribution in [0.4, 0.5) is 21.9 Å². The van der Waals surface area contributed by atoms with Crippen molar-refractivity contribution in [3.05, 3.63) is 69.7 Å². The molecule has 1 unspecified atom stereocenters. The third-order valence-corrected chi connectivity index (χ3v) is 9.59. The van der Waals surface area contributed by atoms with Gasteiger partial charge in [-0.25, -0.2) is 19.3 Å². The normalized spacial score (nSPS) is 15.6. The summed E-state index contributed by atoms with van der Waals surface area (Å²) in [4.78, 5) is 72.3. The van der Waals surface area contributed by atoms with Crippen LogP contribution in [0.3, 0.4) is 0 Å². The molecule has 2 atom stereocenters. The van der Waals surface area contributed by atoms with Gasteiger partial charge in [0.15, 0.2) is 10.8 Å². The van der Waals surface area contributed by atoms with Crippen LogP contribution in [-0.2, 0) is 35.1 Å². The van der Waals surface area contributed by atoms with E-state index >= 15 is 0 Å². The number of anilines is 3. The van der Waals surface area contributed by atoms with Crippen LogP contribution in [0.2, 0.25) is 10.2 Å². The van der Waals surface area contributed by atoms with Crippen molar-refractivity contribution >= 4 is 75.6 Å². The molecule has 3 aromatic heterocycles. The number of carbonyl (C=O) groups is 5. The lowest BCUT2D eigenvalue weighted by Crippen LogP contribution is -2.52. The maximum absolute atomic E-state index is 13.1. The molecule has 21 heteroatoms. The second-order valence-electron chi connectivity index (χ2n) is 13.1. The summed E-state index contributed by atoms with van der Waals surface area (Å²) in [5.74, 6) is -1.17. The van der Waals surface area contributed by atoms with Gasteiger partial charge in [0.05, 0.1) is 61.7 Å². The lowest BCUT2D eigenvalue weighted by atomic mass is 10.0. The van der Waals surface area contributed by atoms with Crippen molar-refractivity contribution in [2.75, 3.05) is 69.2 Å². The highest BCUT2D eigenvalue weighted by Crippen LogP contribution is 2.32. The van der Waals surface area contributed by atoms with E-state index in [0.717, 1.165) is 11.3 Å². The predicted molar refractivity (Wildman–Crippen MR) is 211 cm³/mol.